The van der Waals surface area contributed by atoms with Crippen molar-refractivity contribution in [3.8, 4) is 0 Å². The van der Waals surface area contributed by atoms with E-state index in [1.54, 1.807) is 14.2 Å². The van der Waals surface area contributed by atoms with E-state index in [9.17, 15) is 0 Å². The molecule has 80 valence electrons. The van der Waals surface area contributed by atoms with Crippen LogP contribution in [0.3, 0.4) is 0 Å². The van der Waals surface area contributed by atoms with E-state index in [1.807, 2.05) is 6.55 Å². The summed E-state index contributed by atoms with van der Waals surface area (Å²) >= 11 is 5.53. The van der Waals surface area contributed by atoms with E-state index in [4.69, 9.17) is 20.5 Å². The predicted octanol–water partition coefficient (Wildman–Crippen LogP) is 1.57. The summed E-state index contributed by atoms with van der Waals surface area (Å²) in [4.78, 5) is 0. The van der Waals surface area contributed by atoms with Crippen LogP contribution in [-0.2, 0) is 8.85 Å². The van der Waals surface area contributed by atoms with Crippen LogP contribution in [-0.4, -0.2) is 41.8 Å². The molecule has 0 saturated carbocycles. The quantitative estimate of drug-likeness (QED) is 0.439. The van der Waals surface area contributed by atoms with Crippen molar-refractivity contribution in [2.45, 2.75) is 19.0 Å². The van der Waals surface area contributed by atoms with Gasteiger partial charge in [0, 0.05) is 33.2 Å². The summed E-state index contributed by atoms with van der Waals surface area (Å²) in [6, 6.07) is 0.976. The third-order valence-electron chi connectivity index (χ3n) is 1.88. The SMILES string of the molecule is C1CN1.CO[Si](C)(CCCCl)OC. The number of alkyl halides is 1. The van der Waals surface area contributed by atoms with Crippen molar-refractivity contribution in [3.05, 3.63) is 0 Å². The molecule has 1 N–H and O–H groups in total. The number of hydrogen-bond acceptors (Lipinski definition) is 3. The molecule has 0 aliphatic carbocycles. The van der Waals surface area contributed by atoms with Gasteiger partial charge in [0.1, 0.15) is 0 Å². The molecule has 1 fully saturated rings. The van der Waals surface area contributed by atoms with E-state index >= 15 is 0 Å². The summed E-state index contributed by atoms with van der Waals surface area (Å²) in [5.41, 5.74) is 0. The molecule has 0 aromatic rings. The molecule has 0 aromatic heterocycles. The van der Waals surface area contributed by atoms with Gasteiger partial charge in [0.2, 0.25) is 0 Å². The van der Waals surface area contributed by atoms with Gasteiger partial charge < -0.3 is 14.2 Å². The topological polar surface area (TPSA) is 40.4 Å². The second kappa shape index (κ2) is 7.76. The van der Waals surface area contributed by atoms with Crippen LogP contribution in [0.4, 0.5) is 0 Å². The molecule has 0 aromatic carbocycles. The van der Waals surface area contributed by atoms with Gasteiger partial charge in [0.15, 0.2) is 0 Å². The van der Waals surface area contributed by atoms with E-state index in [0.29, 0.717) is 5.88 Å². The molecule has 3 nitrogen and oxygen atoms in total. The standard InChI is InChI=1S/C6H15ClO2Si.C2H5N/c1-8-10(3,9-2)6-4-5-7;1-2-3-1/h4-6H2,1-3H3;3H,1-2H2. The van der Waals surface area contributed by atoms with Gasteiger partial charge in [-0.3, -0.25) is 0 Å². The number of hydrogen-bond donors (Lipinski definition) is 1. The number of halogens is 1. The van der Waals surface area contributed by atoms with Crippen LogP contribution in [0.1, 0.15) is 6.42 Å². The lowest BCUT2D eigenvalue weighted by Crippen LogP contribution is -2.35. The summed E-state index contributed by atoms with van der Waals surface area (Å²) in [6.45, 7) is 4.54. The second-order valence-corrected chi connectivity index (χ2v) is 7.05. The normalized spacial score (nSPS) is 14.8. The lowest BCUT2D eigenvalue weighted by molar-refractivity contribution is 0.249. The first-order valence-electron chi connectivity index (χ1n) is 4.55. The van der Waals surface area contributed by atoms with E-state index in [1.165, 1.54) is 13.1 Å². The summed E-state index contributed by atoms with van der Waals surface area (Å²) in [5, 5.41) is 3.00. The minimum atomic E-state index is -1.80. The van der Waals surface area contributed by atoms with Crippen LogP contribution in [0.2, 0.25) is 12.6 Å². The highest BCUT2D eigenvalue weighted by Gasteiger charge is 2.27. The first-order valence-corrected chi connectivity index (χ1v) is 7.61. The molecule has 0 unspecified atom stereocenters. The first kappa shape index (κ1) is 13.4. The molecular formula is C8H20ClNO2Si. The molecule has 0 amide bonds. The molecule has 0 atom stereocenters. The molecule has 1 aliphatic rings. The fraction of sp³-hybridized carbons (Fsp3) is 1.00. The van der Waals surface area contributed by atoms with Crippen LogP contribution in [0, 0.1) is 0 Å². The third-order valence-corrected chi connectivity index (χ3v) is 5.13. The zero-order valence-electron chi connectivity index (χ0n) is 8.73. The highest BCUT2D eigenvalue weighted by atomic mass is 35.5. The van der Waals surface area contributed by atoms with Gasteiger partial charge in [-0.25, -0.2) is 0 Å². The number of nitrogens with one attached hydrogen (secondary N) is 1. The lowest BCUT2D eigenvalue weighted by atomic mass is 10.6. The van der Waals surface area contributed by atoms with Crippen molar-refractivity contribution in [3.63, 3.8) is 0 Å². The average Bonchev–Trinajstić information content (AvgIpc) is 3.01. The Kier molecular flexibility index (Phi) is 7.99. The Hall–Kier alpha value is 0.387. The van der Waals surface area contributed by atoms with Crippen LogP contribution in [0.25, 0.3) is 0 Å². The van der Waals surface area contributed by atoms with Gasteiger partial charge in [-0.05, 0) is 19.0 Å². The summed E-state index contributed by atoms with van der Waals surface area (Å²) in [6.07, 6.45) is 0.978. The Bertz CT molecular complexity index is 118. The smallest absolute Gasteiger partial charge is 0.334 e. The minimum Gasteiger partial charge on any atom is -0.398 e. The van der Waals surface area contributed by atoms with Crippen molar-refractivity contribution < 1.29 is 8.85 Å². The van der Waals surface area contributed by atoms with E-state index in [0.717, 1.165) is 12.5 Å². The molecule has 0 bridgehead atoms. The molecule has 1 saturated heterocycles. The molecule has 1 heterocycles. The first-order chi connectivity index (χ1) is 6.18. The molecule has 13 heavy (non-hydrogen) atoms. The van der Waals surface area contributed by atoms with E-state index < -0.39 is 8.56 Å². The molecule has 1 rings (SSSR count). The number of rotatable bonds is 5. The predicted molar refractivity (Wildman–Crippen MR) is 58.6 cm³/mol. The summed E-state index contributed by atoms with van der Waals surface area (Å²) in [5.74, 6) is 0.690. The van der Waals surface area contributed by atoms with Gasteiger partial charge in [-0.15, -0.1) is 11.6 Å². The second-order valence-electron chi connectivity index (χ2n) is 3.08. The van der Waals surface area contributed by atoms with Gasteiger partial charge in [-0.2, -0.15) is 0 Å². The fourth-order valence-corrected chi connectivity index (χ4v) is 2.43. The van der Waals surface area contributed by atoms with Gasteiger partial charge in [0.25, 0.3) is 0 Å². The maximum Gasteiger partial charge on any atom is 0.334 e. The van der Waals surface area contributed by atoms with Crippen LogP contribution in [0.15, 0.2) is 0 Å². The van der Waals surface area contributed by atoms with Gasteiger partial charge >= 0.3 is 8.56 Å². The highest BCUT2D eigenvalue weighted by molar-refractivity contribution is 6.65. The zero-order valence-corrected chi connectivity index (χ0v) is 10.5. The Labute approximate surface area is 87.0 Å². The van der Waals surface area contributed by atoms with Crippen molar-refractivity contribution in [1.29, 1.82) is 0 Å². The molecule has 0 spiro atoms. The van der Waals surface area contributed by atoms with Gasteiger partial charge in [0.05, 0.1) is 0 Å². The van der Waals surface area contributed by atoms with Crippen molar-refractivity contribution in [1.82, 2.24) is 5.32 Å². The summed E-state index contributed by atoms with van der Waals surface area (Å²) in [7, 11) is 1.59. The minimum absolute atomic E-state index is 0.690. The largest absolute Gasteiger partial charge is 0.398 e. The monoisotopic (exact) mass is 225 g/mol. The zero-order chi connectivity index (χ0) is 10.2. The molecule has 0 radical (unpaired) electrons. The Morgan fingerprint density at radius 2 is 1.77 bits per heavy atom. The third kappa shape index (κ3) is 8.71. The van der Waals surface area contributed by atoms with E-state index in [2.05, 4.69) is 5.32 Å². The molecule has 5 heteroatoms. The fourth-order valence-electron chi connectivity index (χ4n) is 0.675. The summed E-state index contributed by atoms with van der Waals surface area (Å²) < 4.78 is 10.5. The maximum atomic E-state index is 5.53. The average molecular weight is 226 g/mol. The van der Waals surface area contributed by atoms with Crippen molar-refractivity contribution in [2.75, 3.05) is 33.2 Å². The van der Waals surface area contributed by atoms with E-state index in [-0.39, 0.29) is 0 Å². The maximum absolute atomic E-state index is 5.53. The molecule has 1 aliphatic heterocycles. The Morgan fingerprint density at radius 3 is 2.00 bits per heavy atom. The van der Waals surface area contributed by atoms with Gasteiger partial charge in [-0.1, -0.05) is 0 Å². The Morgan fingerprint density at radius 1 is 1.31 bits per heavy atom. The lowest BCUT2D eigenvalue weighted by Gasteiger charge is -2.21. The van der Waals surface area contributed by atoms with Crippen molar-refractivity contribution in [2.24, 2.45) is 0 Å². The van der Waals surface area contributed by atoms with Crippen LogP contribution >= 0.6 is 11.6 Å². The van der Waals surface area contributed by atoms with Crippen LogP contribution < -0.4 is 5.32 Å². The molecular weight excluding hydrogens is 206 g/mol. The highest BCUT2D eigenvalue weighted by Crippen LogP contribution is 2.13. The van der Waals surface area contributed by atoms with Crippen molar-refractivity contribution >= 4 is 20.2 Å². The van der Waals surface area contributed by atoms with Crippen LogP contribution in [0.5, 0.6) is 0 Å². The Balaban J connectivity index is 0.000000396.